The molecular weight excluding hydrogens is 366 g/mol. The molecule has 3 N–H and O–H groups in total. The van der Waals surface area contributed by atoms with Gasteiger partial charge in [0.2, 0.25) is 0 Å². The van der Waals surface area contributed by atoms with Gasteiger partial charge in [-0.3, -0.25) is 4.79 Å². The maximum absolute atomic E-state index is 13.1. The number of amides is 1. The van der Waals surface area contributed by atoms with Gasteiger partial charge in [0.15, 0.2) is 0 Å². The molecule has 29 heavy (non-hydrogen) atoms. The van der Waals surface area contributed by atoms with Gasteiger partial charge >= 0.3 is 0 Å². The summed E-state index contributed by atoms with van der Waals surface area (Å²) in [7, 11) is 0. The Bertz CT molecular complexity index is 1030. The summed E-state index contributed by atoms with van der Waals surface area (Å²) in [5.41, 5.74) is 3.71. The molecule has 1 saturated carbocycles. The highest BCUT2D eigenvalue weighted by atomic mass is 16.5. The molecule has 0 spiro atoms. The predicted octanol–water partition coefficient (Wildman–Crippen LogP) is 3.25. The molecule has 5 rings (SSSR count). The van der Waals surface area contributed by atoms with Crippen molar-refractivity contribution in [3.8, 4) is 17.1 Å². The molecule has 1 amide bonds. The van der Waals surface area contributed by atoms with Gasteiger partial charge < -0.3 is 20.1 Å². The van der Waals surface area contributed by atoms with Gasteiger partial charge in [-0.25, -0.2) is 4.98 Å². The molecule has 1 aliphatic heterocycles. The zero-order valence-electron chi connectivity index (χ0n) is 16.0. The molecule has 1 fully saturated rings. The minimum Gasteiger partial charge on any atom is -0.493 e. The molecule has 2 aromatic carbocycles. The third-order valence-corrected chi connectivity index (χ3v) is 5.88. The fraction of sp³-hybridized carbons (Fsp3) is 0.304. The Kier molecular flexibility index (Phi) is 4.56. The van der Waals surface area contributed by atoms with E-state index in [2.05, 4.69) is 21.4 Å². The summed E-state index contributed by atoms with van der Waals surface area (Å²) >= 11 is 0. The molecule has 1 aromatic heterocycles. The van der Waals surface area contributed by atoms with E-state index in [-0.39, 0.29) is 24.0 Å². The molecule has 2 aliphatic rings. The molecule has 148 valence electrons. The number of benzene rings is 2. The molecular formula is C23H23N3O3. The van der Waals surface area contributed by atoms with Crippen molar-refractivity contribution in [1.29, 1.82) is 0 Å². The van der Waals surface area contributed by atoms with E-state index >= 15 is 0 Å². The van der Waals surface area contributed by atoms with Crippen LogP contribution in [0.1, 0.15) is 40.4 Å². The van der Waals surface area contributed by atoms with Gasteiger partial charge in [-0.1, -0.05) is 18.2 Å². The lowest BCUT2D eigenvalue weighted by molar-refractivity contribution is 0.0235. The van der Waals surface area contributed by atoms with Crippen molar-refractivity contribution >= 4 is 5.91 Å². The quantitative estimate of drug-likeness (QED) is 0.625. The Labute approximate surface area is 169 Å². The van der Waals surface area contributed by atoms with Crippen LogP contribution in [-0.2, 0) is 6.42 Å². The molecule has 0 unspecified atom stereocenters. The molecule has 3 aromatic rings. The molecule has 1 atom stereocenters. The number of nitrogens with zero attached hydrogens (tertiary/aromatic N) is 1. The molecule has 6 heteroatoms. The van der Waals surface area contributed by atoms with Crippen LogP contribution in [0.5, 0.6) is 5.75 Å². The van der Waals surface area contributed by atoms with Crippen molar-refractivity contribution in [3.05, 3.63) is 71.5 Å². The second-order valence-electron chi connectivity index (χ2n) is 7.82. The van der Waals surface area contributed by atoms with Crippen LogP contribution in [0.3, 0.4) is 0 Å². The Morgan fingerprint density at radius 1 is 1.24 bits per heavy atom. The molecule has 1 aliphatic carbocycles. The van der Waals surface area contributed by atoms with Crippen molar-refractivity contribution in [2.45, 2.75) is 31.4 Å². The highest BCUT2D eigenvalue weighted by Crippen LogP contribution is 2.40. The van der Waals surface area contributed by atoms with E-state index in [4.69, 9.17) is 4.74 Å². The van der Waals surface area contributed by atoms with Gasteiger partial charge in [-0.05, 0) is 54.2 Å². The monoisotopic (exact) mass is 389 g/mol. The van der Waals surface area contributed by atoms with E-state index in [1.807, 2.05) is 36.4 Å². The normalized spacial score (nSPS) is 21.0. The summed E-state index contributed by atoms with van der Waals surface area (Å²) < 4.78 is 5.61. The average Bonchev–Trinajstić information content (AvgIpc) is 3.41. The Hall–Kier alpha value is -3.12. The van der Waals surface area contributed by atoms with Crippen molar-refractivity contribution in [1.82, 2.24) is 15.3 Å². The number of hydrogen-bond donors (Lipinski definition) is 3. The zero-order valence-corrected chi connectivity index (χ0v) is 16.0. The number of rotatable bonds is 5. The number of imidazole rings is 1. The van der Waals surface area contributed by atoms with Crippen molar-refractivity contribution in [2.75, 3.05) is 6.61 Å². The van der Waals surface area contributed by atoms with E-state index in [1.165, 1.54) is 5.56 Å². The van der Waals surface area contributed by atoms with Crippen molar-refractivity contribution in [2.24, 2.45) is 5.92 Å². The van der Waals surface area contributed by atoms with E-state index in [0.717, 1.165) is 29.1 Å². The minimum absolute atomic E-state index is 0.124. The third kappa shape index (κ3) is 3.51. The number of H-pyrrole nitrogens is 1. The maximum Gasteiger partial charge on any atom is 0.251 e. The number of carbonyl (C=O) groups excluding carboxylic acids is 1. The topological polar surface area (TPSA) is 87.2 Å². The fourth-order valence-electron chi connectivity index (χ4n) is 4.23. The van der Waals surface area contributed by atoms with E-state index < -0.39 is 0 Å². The summed E-state index contributed by atoms with van der Waals surface area (Å²) in [4.78, 5) is 20.4. The SMILES string of the molecule is O=C(N[C@@H](c1ccc2c(c1)CCO2)C1CC(O)C1)c1cccc(-c2ncc[nH]2)c1. The van der Waals surface area contributed by atoms with Gasteiger partial charge in [0.25, 0.3) is 5.91 Å². The second-order valence-corrected chi connectivity index (χ2v) is 7.82. The smallest absolute Gasteiger partial charge is 0.251 e. The number of hydrogen-bond acceptors (Lipinski definition) is 4. The van der Waals surface area contributed by atoms with Gasteiger partial charge in [-0.2, -0.15) is 0 Å². The van der Waals surface area contributed by atoms with E-state index in [0.29, 0.717) is 25.0 Å². The Morgan fingerprint density at radius 2 is 2.14 bits per heavy atom. The largest absolute Gasteiger partial charge is 0.493 e. The average molecular weight is 389 g/mol. The molecule has 0 saturated heterocycles. The minimum atomic E-state index is -0.278. The lowest BCUT2D eigenvalue weighted by Crippen LogP contribution is -2.41. The number of aliphatic hydroxyl groups is 1. The fourth-order valence-corrected chi connectivity index (χ4v) is 4.23. The number of aromatic nitrogens is 2. The first kappa shape index (κ1) is 17.9. The van der Waals surface area contributed by atoms with Gasteiger partial charge in [0.1, 0.15) is 11.6 Å². The van der Waals surface area contributed by atoms with Crippen LogP contribution in [0.2, 0.25) is 0 Å². The van der Waals surface area contributed by atoms with Gasteiger partial charge in [0, 0.05) is 29.9 Å². The first-order valence-electron chi connectivity index (χ1n) is 10.0. The third-order valence-electron chi connectivity index (χ3n) is 5.88. The Morgan fingerprint density at radius 3 is 2.93 bits per heavy atom. The molecule has 0 radical (unpaired) electrons. The number of carbonyl (C=O) groups is 1. The Balaban J connectivity index is 1.40. The molecule has 2 heterocycles. The van der Waals surface area contributed by atoms with Crippen LogP contribution in [0, 0.1) is 5.92 Å². The highest BCUT2D eigenvalue weighted by Gasteiger charge is 2.36. The summed E-state index contributed by atoms with van der Waals surface area (Å²) in [6, 6.07) is 13.5. The lowest BCUT2D eigenvalue weighted by atomic mass is 9.74. The lowest BCUT2D eigenvalue weighted by Gasteiger charge is -2.38. The number of aromatic amines is 1. The van der Waals surface area contributed by atoms with Crippen molar-refractivity contribution < 1.29 is 14.6 Å². The highest BCUT2D eigenvalue weighted by molar-refractivity contribution is 5.95. The summed E-state index contributed by atoms with van der Waals surface area (Å²) in [5, 5.41) is 13.0. The standard InChI is InChI=1S/C23H23N3O3/c27-19-12-18(13-19)21(15-4-5-20-14(10-15)6-9-29-20)26-23(28)17-3-1-2-16(11-17)22-24-7-8-25-22/h1-5,7-8,10-11,18-19,21,27H,6,9,12-13H2,(H,24,25)(H,26,28)/t18?,19?,21-/m0/s1. The molecule has 0 bridgehead atoms. The van der Waals surface area contributed by atoms with Crippen LogP contribution in [0.15, 0.2) is 54.9 Å². The van der Waals surface area contributed by atoms with Crippen LogP contribution < -0.4 is 10.1 Å². The number of ether oxygens (including phenoxy) is 1. The predicted molar refractivity (Wildman–Crippen MR) is 109 cm³/mol. The summed E-state index contributed by atoms with van der Waals surface area (Å²) in [6.07, 6.45) is 5.47. The van der Waals surface area contributed by atoms with E-state index in [1.54, 1.807) is 12.4 Å². The van der Waals surface area contributed by atoms with Crippen molar-refractivity contribution in [3.63, 3.8) is 0 Å². The molecule has 6 nitrogen and oxygen atoms in total. The summed E-state index contributed by atoms with van der Waals surface area (Å²) in [5.74, 6) is 1.76. The first-order valence-corrected chi connectivity index (χ1v) is 10.0. The van der Waals surface area contributed by atoms with Gasteiger partial charge in [0.05, 0.1) is 18.8 Å². The number of aliphatic hydroxyl groups excluding tert-OH is 1. The number of nitrogens with one attached hydrogen (secondary N) is 2. The van der Waals surface area contributed by atoms with E-state index in [9.17, 15) is 9.90 Å². The van der Waals surface area contributed by atoms with Crippen LogP contribution in [0.4, 0.5) is 0 Å². The van der Waals surface area contributed by atoms with Crippen LogP contribution >= 0.6 is 0 Å². The first-order chi connectivity index (χ1) is 14.2. The van der Waals surface area contributed by atoms with Crippen LogP contribution in [0.25, 0.3) is 11.4 Å². The zero-order chi connectivity index (χ0) is 19.8. The van der Waals surface area contributed by atoms with Gasteiger partial charge in [-0.15, -0.1) is 0 Å². The summed E-state index contributed by atoms with van der Waals surface area (Å²) in [6.45, 7) is 0.706. The maximum atomic E-state index is 13.1. The van der Waals surface area contributed by atoms with Crippen LogP contribution in [-0.4, -0.2) is 33.7 Å². The number of fused-ring (bicyclic) bond motifs is 1. The second kappa shape index (κ2) is 7.37.